The standard InChI is InChI=1S/C30H35NO4/c32-29(15-9-3-6-12-24-10-4-1-5-11-24)31-27(18-21-30(33)34)22-25-16-19-28(20-17-25)35-23-26-13-7-2-8-14-26/h1-2,4-5,7-8,10-11,13-14,16-17,19-20,27H,3,6,9,12,15,18,21-23H2,(H,31,32)(H,33,34). The number of carbonyl (C=O) groups is 2. The van der Waals surface area contributed by atoms with Gasteiger partial charge in [-0.15, -0.1) is 0 Å². The van der Waals surface area contributed by atoms with Gasteiger partial charge in [0.25, 0.3) is 0 Å². The zero-order valence-corrected chi connectivity index (χ0v) is 20.2. The zero-order chi connectivity index (χ0) is 24.7. The first-order chi connectivity index (χ1) is 17.1. The van der Waals surface area contributed by atoms with Crippen molar-refractivity contribution in [2.75, 3.05) is 0 Å². The molecule has 2 N–H and O–H groups in total. The van der Waals surface area contributed by atoms with E-state index in [0.29, 0.717) is 25.9 Å². The van der Waals surface area contributed by atoms with Crippen LogP contribution in [-0.2, 0) is 29.0 Å². The van der Waals surface area contributed by atoms with Crippen molar-refractivity contribution >= 4 is 11.9 Å². The molecule has 0 aliphatic heterocycles. The lowest BCUT2D eigenvalue weighted by Gasteiger charge is -2.18. The second kappa shape index (κ2) is 14.6. The first-order valence-electron chi connectivity index (χ1n) is 12.4. The SMILES string of the molecule is O=C(O)CCC(Cc1ccc(OCc2ccccc2)cc1)NC(=O)CCCCCc1ccccc1. The van der Waals surface area contributed by atoms with Gasteiger partial charge >= 0.3 is 5.97 Å². The first-order valence-corrected chi connectivity index (χ1v) is 12.4. The molecule has 0 heterocycles. The highest BCUT2D eigenvalue weighted by atomic mass is 16.5. The number of rotatable bonds is 15. The van der Waals surface area contributed by atoms with E-state index in [9.17, 15) is 9.59 Å². The van der Waals surface area contributed by atoms with Gasteiger partial charge in [-0.25, -0.2) is 0 Å². The summed E-state index contributed by atoms with van der Waals surface area (Å²) < 4.78 is 5.84. The van der Waals surface area contributed by atoms with E-state index >= 15 is 0 Å². The summed E-state index contributed by atoms with van der Waals surface area (Å²) in [6.07, 6.45) is 5.38. The Morgan fingerprint density at radius 2 is 1.40 bits per heavy atom. The van der Waals surface area contributed by atoms with Crippen LogP contribution in [0.1, 0.15) is 55.2 Å². The quantitative estimate of drug-likeness (QED) is 0.267. The maximum Gasteiger partial charge on any atom is 0.303 e. The number of hydrogen-bond donors (Lipinski definition) is 2. The molecule has 3 aromatic rings. The van der Waals surface area contributed by atoms with Crippen molar-refractivity contribution in [2.24, 2.45) is 0 Å². The molecule has 3 rings (SSSR count). The highest BCUT2D eigenvalue weighted by Crippen LogP contribution is 2.17. The largest absolute Gasteiger partial charge is 0.489 e. The number of unbranched alkanes of at least 4 members (excludes halogenated alkanes) is 2. The van der Waals surface area contributed by atoms with E-state index in [0.717, 1.165) is 42.6 Å². The minimum Gasteiger partial charge on any atom is -0.489 e. The fourth-order valence-electron chi connectivity index (χ4n) is 4.01. The number of ether oxygens (including phenoxy) is 1. The lowest BCUT2D eigenvalue weighted by Crippen LogP contribution is -2.36. The van der Waals surface area contributed by atoms with Gasteiger partial charge in [0.1, 0.15) is 12.4 Å². The summed E-state index contributed by atoms with van der Waals surface area (Å²) in [4.78, 5) is 23.6. The van der Waals surface area contributed by atoms with Gasteiger partial charge in [-0.2, -0.15) is 0 Å². The number of aliphatic carboxylic acids is 1. The molecule has 0 aliphatic rings. The molecule has 3 aromatic carbocycles. The van der Waals surface area contributed by atoms with Gasteiger partial charge in [-0.3, -0.25) is 9.59 Å². The van der Waals surface area contributed by atoms with Gasteiger partial charge < -0.3 is 15.2 Å². The highest BCUT2D eigenvalue weighted by molar-refractivity contribution is 5.76. The Kier molecular flexibility index (Phi) is 10.9. The van der Waals surface area contributed by atoms with E-state index in [2.05, 4.69) is 17.4 Å². The van der Waals surface area contributed by atoms with Crippen LogP contribution in [0.2, 0.25) is 0 Å². The number of nitrogens with one attached hydrogen (secondary N) is 1. The number of amides is 1. The van der Waals surface area contributed by atoms with E-state index < -0.39 is 5.97 Å². The second-order valence-electron chi connectivity index (χ2n) is 8.87. The molecule has 0 radical (unpaired) electrons. The Bertz CT molecular complexity index is 1020. The predicted octanol–water partition coefficient (Wildman–Crippen LogP) is 5.96. The first kappa shape index (κ1) is 26.0. The van der Waals surface area contributed by atoms with E-state index in [1.54, 1.807) is 0 Å². The number of carboxylic acid groups (broad SMARTS) is 1. The smallest absolute Gasteiger partial charge is 0.303 e. The Hall–Kier alpha value is -3.60. The monoisotopic (exact) mass is 473 g/mol. The third kappa shape index (κ3) is 10.5. The maximum atomic E-state index is 12.5. The van der Waals surface area contributed by atoms with E-state index in [-0.39, 0.29) is 18.4 Å². The van der Waals surface area contributed by atoms with E-state index in [4.69, 9.17) is 9.84 Å². The number of benzene rings is 3. The molecule has 1 unspecified atom stereocenters. The predicted molar refractivity (Wildman–Crippen MR) is 138 cm³/mol. The lowest BCUT2D eigenvalue weighted by molar-refractivity contribution is -0.137. The molecule has 1 amide bonds. The fraction of sp³-hybridized carbons (Fsp3) is 0.333. The summed E-state index contributed by atoms with van der Waals surface area (Å²) >= 11 is 0. The minimum atomic E-state index is -0.852. The average Bonchev–Trinajstić information content (AvgIpc) is 2.88. The summed E-state index contributed by atoms with van der Waals surface area (Å²) in [6, 6.07) is 27.9. The molecule has 0 saturated heterocycles. The molecule has 0 spiro atoms. The van der Waals surface area contributed by atoms with Crippen molar-refractivity contribution in [3.63, 3.8) is 0 Å². The summed E-state index contributed by atoms with van der Waals surface area (Å²) in [5.41, 5.74) is 3.46. The van der Waals surface area contributed by atoms with Gasteiger partial charge in [0.15, 0.2) is 0 Å². The number of aryl methyl sites for hydroxylation is 1. The number of hydrogen-bond acceptors (Lipinski definition) is 3. The molecule has 0 aromatic heterocycles. The molecule has 1 atom stereocenters. The molecule has 0 fully saturated rings. The molecule has 35 heavy (non-hydrogen) atoms. The van der Waals surface area contributed by atoms with Crippen LogP contribution < -0.4 is 10.1 Å². The van der Waals surface area contributed by atoms with E-state index in [1.165, 1.54) is 5.56 Å². The summed E-state index contributed by atoms with van der Waals surface area (Å²) in [5, 5.41) is 12.2. The molecule has 5 nitrogen and oxygen atoms in total. The van der Waals surface area contributed by atoms with Crippen LogP contribution in [0.25, 0.3) is 0 Å². The Balaban J connectivity index is 1.43. The maximum absolute atomic E-state index is 12.5. The van der Waals surface area contributed by atoms with Gasteiger partial charge in [0, 0.05) is 18.9 Å². The molecular formula is C30H35NO4. The zero-order valence-electron chi connectivity index (χ0n) is 20.2. The molecule has 5 heteroatoms. The normalized spacial score (nSPS) is 11.5. The summed E-state index contributed by atoms with van der Waals surface area (Å²) in [6.45, 7) is 0.503. The molecule has 0 bridgehead atoms. The van der Waals surface area contributed by atoms with Crippen molar-refractivity contribution < 1.29 is 19.4 Å². The Labute approximate surface area is 208 Å². The Morgan fingerprint density at radius 3 is 2.06 bits per heavy atom. The minimum absolute atomic E-state index is 0.0112. The fourth-order valence-corrected chi connectivity index (χ4v) is 4.01. The van der Waals surface area contributed by atoms with Gasteiger partial charge in [-0.05, 0) is 60.9 Å². The van der Waals surface area contributed by atoms with Crippen LogP contribution in [0.5, 0.6) is 5.75 Å². The van der Waals surface area contributed by atoms with Crippen LogP contribution in [-0.4, -0.2) is 23.0 Å². The van der Waals surface area contributed by atoms with Crippen LogP contribution >= 0.6 is 0 Å². The molecule has 0 saturated carbocycles. The van der Waals surface area contributed by atoms with Crippen molar-refractivity contribution in [1.82, 2.24) is 5.32 Å². The van der Waals surface area contributed by atoms with E-state index in [1.807, 2.05) is 72.8 Å². The van der Waals surface area contributed by atoms with Crippen LogP contribution in [0.15, 0.2) is 84.9 Å². The second-order valence-corrected chi connectivity index (χ2v) is 8.87. The lowest BCUT2D eigenvalue weighted by atomic mass is 10.0. The van der Waals surface area contributed by atoms with Crippen LogP contribution in [0.4, 0.5) is 0 Å². The van der Waals surface area contributed by atoms with Gasteiger partial charge in [-0.1, -0.05) is 79.2 Å². The number of carboxylic acids is 1. The molecule has 0 aliphatic carbocycles. The van der Waals surface area contributed by atoms with Gasteiger partial charge in [0.2, 0.25) is 5.91 Å². The average molecular weight is 474 g/mol. The van der Waals surface area contributed by atoms with Crippen molar-refractivity contribution in [3.8, 4) is 5.75 Å². The van der Waals surface area contributed by atoms with Crippen LogP contribution in [0.3, 0.4) is 0 Å². The summed E-state index contributed by atoms with van der Waals surface area (Å²) in [7, 11) is 0. The topological polar surface area (TPSA) is 75.6 Å². The molecular weight excluding hydrogens is 438 g/mol. The molecule has 184 valence electrons. The van der Waals surface area contributed by atoms with Crippen molar-refractivity contribution in [1.29, 1.82) is 0 Å². The van der Waals surface area contributed by atoms with Crippen molar-refractivity contribution in [2.45, 2.75) is 64.0 Å². The van der Waals surface area contributed by atoms with Crippen LogP contribution in [0, 0.1) is 0 Å². The number of carbonyl (C=O) groups excluding carboxylic acids is 1. The Morgan fingerprint density at radius 1 is 0.743 bits per heavy atom. The summed E-state index contributed by atoms with van der Waals surface area (Å²) in [5.74, 6) is -0.0861. The third-order valence-corrected chi connectivity index (χ3v) is 5.94. The van der Waals surface area contributed by atoms with Gasteiger partial charge in [0.05, 0.1) is 0 Å². The highest BCUT2D eigenvalue weighted by Gasteiger charge is 2.15. The third-order valence-electron chi connectivity index (χ3n) is 5.94. The van der Waals surface area contributed by atoms with Crippen molar-refractivity contribution in [3.05, 3.63) is 102 Å².